The molecule has 34 heavy (non-hydrogen) atoms. The molecule has 2 amide bonds. The van der Waals surface area contributed by atoms with Gasteiger partial charge in [-0.1, -0.05) is 42.1 Å². The molecule has 0 saturated carbocycles. The third-order valence-corrected chi connectivity index (χ3v) is 6.93. The first kappa shape index (κ1) is 24.0. The molecule has 2 aromatic carbocycles. The predicted molar refractivity (Wildman–Crippen MR) is 134 cm³/mol. The van der Waals surface area contributed by atoms with E-state index in [4.69, 9.17) is 4.74 Å². The summed E-state index contributed by atoms with van der Waals surface area (Å²) in [7, 11) is 0. The lowest BCUT2D eigenvalue weighted by Gasteiger charge is -2.26. The molecular weight excluding hydrogens is 446 g/mol. The van der Waals surface area contributed by atoms with Gasteiger partial charge in [-0.05, 0) is 68.1 Å². The molecule has 1 fully saturated rings. The number of ether oxygens (including phenoxy) is 1. The molecule has 6 nitrogen and oxygen atoms in total. The van der Waals surface area contributed by atoms with E-state index in [9.17, 15) is 9.59 Å². The van der Waals surface area contributed by atoms with Gasteiger partial charge >= 0.3 is 0 Å². The van der Waals surface area contributed by atoms with Gasteiger partial charge in [-0.3, -0.25) is 9.59 Å². The number of rotatable bonds is 8. The number of amides is 2. The molecule has 7 heteroatoms. The minimum Gasteiger partial charge on any atom is -0.376 e. The van der Waals surface area contributed by atoms with Gasteiger partial charge in [0.15, 0.2) is 0 Å². The molecule has 1 aromatic heterocycles. The van der Waals surface area contributed by atoms with E-state index in [0.717, 1.165) is 34.6 Å². The van der Waals surface area contributed by atoms with Crippen molar-refractivity contribution in [1.29, 1.82) is 0 Å². The normalized spacial score (nSPS) is 15.2. The zero-order valence-electron chi connectivity index (χ0n) is 19.5. The summed E-state index contributed by atoms with van der Waals surface area (Å²) < 4.78 is 5.78. The number of anilines is 1. The third kappa shape index (κ3) is 6.04. The van der Waals surface area contributed by atoms with E-state index in [1.807, 2.05) is 62.4 Å². The fourth-order valence-electron chi connectivity index (χ4n) is 3.91. The Balaban J connectivity index is 1.55. The molecular formula is C27H29N3O3S. The Morgan fingerprint density at radius 2 is 1.91 bits per heavy atom. The standard InChI is InChI=1S/C27H29N3O3S/c1-19-9-6-14-24(20(19)2)29-25(31)18-30(17-21-10-8-16-33-21)27(32)23-13-7-15-28-26(23)34-22-11-4-3-5-12-22/h3-7,9,11-15,21H,8,10,16-18H2,1-2H3,(H,29,31)/t21-/m0/s1. The summed E-state index contributed by atoms with van der Waals surface area (Å²) in [5, 5.41) is 3.59. The summed E-state index contributed by atoms with van der Waals surface area (Å²) in [5.74, 6) is -0.459. The van der Waals surface area contributed by atoms with E-state index < -0.39 is 0 Å². The predicted octanol–water partition coefficient (Wildman–Crippen LogP) is 5.11. The van der Waals surface area contributed by atoms with Gasteiger partial charge < -0.3 is 15.0 Å². The van der Waals surface area contributed by atoms with Gasteiger partial charge in [0.2, 0.25) is 5.91 Å². The number of carbonyl (C=O) groups excluding carboxylic acids is 2. The van der Waals surface area contributed by atoms with Crippen molar-refractivity contribution >= 4 is 29.3 Å². The number of nitrogens with one attached hydrogen (secondary N) is 1. The van der Waals surface area contributed by atoms with Crippen LogP contribution in [0.4, 0.5) is 5.69 Å². The van der Waals surface area contributed by atoms with Gasteiger partial charge in [0.25, 0.3) is 5.91 Å². The third-order valence-electron chi connectivity index (χ3n) is 5.91. The number of hydrogen-bond acceptors (Lipinski definition) is 5. The highest BCUT2D eigenvalue weighted by Crippen LogP contribution is 2.29. The monoisotopic (exact) mass is 475 g/mol. The molecule has 0 aliphatic carbocycles. The highest BCUT2D eigenvalue weighted by Gasteiger charge is 2.27. The Morgan fingerprint density at radius 1 is 1.09 bits per heavy atom. The second-order valence-electron chi connectivity index (χ2n) is 8.39. The maximum Gasteiger partial charge on any atom is 0.257 e. The lowest BCUT2D eigenvalue weighted by Crippen LogP contribution is -2.42. The van der Waals surface area contributed by atoms with Crippen molar-refractivity contribution in [3.8, 4) is 0 Å². The zero-order valence-corrected chi connectivity index (χ0v) is 20.3. The van der Waals surface area contributed by atoms with Crippen LogP contribution in [-0.2, 0) is 9.53 Å². The maximum atomic E-state index is 13.7. The van der Waals surface area contributed by atoms with E-state index >= 15 is 0 Å². The molecule has 0 unspecified atom stereocenters. The number of aryl methyl sites for hydroxylation is 1. The molecule has 1 N–H and O–H groups in total. The van der Waals surface area contributed by atoms with Crippen molar-refractivity contribution in [2.24, 2.45) is 0 Å². The molecule has 0 bridgehead atoms. The Hall–Kier alpha value is -3.16. The molecule has 3 aromatic rings. The largest absolute Gasteiger partial charge is 0.376 e. The lowest BCUT2D eigenvalue weighted by atomic mass is 10.1. The van der Waals surface area contributed by atoms with Gasteiger partial charge in [-0.25, -0.2) is 4.98 Å². The first-order chi connectivity index (χ1) is 16.5. The minimum absolute atomic E-state index is 0.0591. The van der Waals surface area contributed by atoms with Crippen LogP contribution in [0.1, 0.15) is 34.3 Å². The lowest BCUT2D eigenvalue weighted by molar-refractivity contribution is -0.117. The zero-order chi connectivity index (χ0) is 23.9. The minimum atomic E-state index is -0.235. The van der Waals surface area contributed by atoms with Crippen LogP contribution in [0.15, 0.2) is 76.8 Å². The Bertz CT molecular complexity index is 1150. The topological polar surface area (TPSA) is 71.5 Å². The quantitative estimate of drug-likeness (QED) is 0.490. The van der Waals surface area contributed by atoms with Crippen LogP contribution < -0.4 is 5.32 Å². The summed E-state index contributed by atoms with van der Waals surface area (Å²) in [6.07, 6.45) is 3.45. The molecule has 0 radical (unpaired) electrons. The first-order valence-electron chi connectivity index (χ1n) is 11.5. The number of carbonyl (C=O) groups is 2. The Labute approximate surface area is 204 Å². The molecule has 1 atom stereocenters. The Kier molecular flexibility index (Phi) is 7.98. The first-order valence-corrected chi connectivity index (χ1v) is 12.3. The molecule has 1 aliphatic rings. The smallest absolute Gasteiger partial charge is 0.257 e. The van der Waals surface area contributed by atoms with Crippen LogP contribution in [0.3, 0.4) is 0 Å². The van der Waals surface area contributed by atoms with Crippen molar-refractivity contribution in [2.45, 2.75) is 42.7 Å². The highest BCUT2D eigenvalue weighted by molar-refractivity contribution is 7.99. The van der Waals surface area contributed by atoms with Gasteiger partial charge in [0, 0.05) is 29.9 Å². The summed E-state index contributed by atoms with van der Waals surface area (Å²) in [5.41, 5.74) is 3.36. The van der Waals surface area contributed by atoms with Crippen molar-refractivity contribution in [1.82, 2.24) is 9.88 Å². The average molecular weight is 476 g/mol. The molecule has 1 aliphatic heterocycles. The van der Waals surface area contributed by atoms with Crippen LogP contribution in [-0.4, -0.2) is 47.5 Å². The van der Waals surface area contributed by atoms with Gasteiger partial charge in [0.05, 0.1) is 11.7 Å². The van der Waals surface area contributed by atoms with Crippen LogP contribution in [0.5, 0.6) is 0 Å². The molecule has 2 heterocycles. The molecule has 4 rings (SSSR count). The number of hydrogen-bond donors (Lipinski definition) is 1. The van der Waals surface area contributed by atoms with E-state index in [1.165, 1.54) is 11.8 Å². The number of aromatic nitrogens is 1. The van der Waals surface area contributed by atoms with Crippen LogP contribution in [0.25, 0.3) is 0 Å². The van der Waals surface area contributed by atoms with Crippen molar-refractivity contribution in [2.75, 3.05) is 25.0 Å². The molecule has 176 valence electrons. The van der Waals surface area contributed by atoms with Crippen LogP contribution in [0.2, 0.25) is 0 Å². The van der Waals surface area contributed by atoms with Gasteiger partial charge in [-0.2, -0.15) is 0 Å². The van der Waals surface area contributed by atoms with Crippen molar-refractivity contribution in [3.63, 3.8) is 0 Å². The Morgan fingerprint density at radius 3 is 2.68 bits per heavy atom. The van der Waals surface area contributed by atoms with Crippen LogP contribution in [0, 0.1) is 13.8 Å². The van der Waals surface area contributed by atoms with E-state index in [1.54, 1.807) is 23.2 Å². The van der Waals surface area contributed by atoms with E-state index in [-0.39, 0.29) is 24.5 Å². The van der Waals surface area contributed by atoms with Crippen LogP contribution >= 0.6 is 11.8 Å². The fraction of sp³-hybridized carbons (Fsp3) is 0.296. The number of pyridine rings is 1. The second-order valence-corrected chi connectivity index (χ2v) is 9.45. The number of benzene rings is 2. The average Bonchev–Trinajstić information content (AvgIpc) is 3.35. The molecule has 0 spiro atoms. The summed E-state index contributed by atoms with van der Waals surface area (Å²) in [4.78, 5) is 33.7. The van der Waals surface area contributed by atoms with E-state index in [0.29, 0.717) is 23.7 Å². The maximum absolute atomic E-state index is 13.7. The van der Waals surface area contributed by atoms with E-state index in [2.05, 4.69) is 10.3 Å². The summed E-state index contributed by atoms with van der Waals surface area (Å²) in [6.45, 7) is 4.97. The second kappa shape index (κ2) is 11.3. The summed E-state index contributed by atoms with van der Waals surface area (Å²) >= 11 is 1.44. The number of nitrogens with zero attached hydrogens (tertiary/aromatic N) is 2. The van der Waals surface area contributed by atoms with Gasteiger partial charge in [0.1, 0.15) is 11.6 Å². The highest BCUT2D eigenvalue weighted by atomic mass is 32.2. The van der Waals surface area contributed by atoms with Crippen molar-refractivity contribution < 1.29 is 14.3 Å². The SMILES string of the molecule is Cc1cccc(NC(=O)CN(C[C@@H]2CCCO2)C(=O)c2cccnc2Sc2ccccc2)c1C. The van der Waals surface area contributed by atoms with Gasteiger partial charge in [-0.15, -0.1) is 0 Å². The fourth-order valence-corrected chi connectivity index (χ4v) is 4.80. The summed E-state index contributed by atoms with van der Waals surface area (Å²) in [6, 6.07) is 19.1. The van der Waals surface area contributed by atoms with Crippen molar-refractivity contribution in [3.05, 3.63) is 83.6 Å². The molecule has 1 saturated heterocycles.